The smallest absolute Gasteiger partial charge is 0.0602 e. The van der Waals surface area contributed by atoms with Crippen molar-refractivity contribution in [1.82, 2.24) is 5.32 Å². The quantitative estimate of drug-likeness (QED) is 0.432. The fraction of sp³-hybridized carbons (Fsp3) is 0.440. The van der Waals surface area contributed by atoms with Crippen LogP contribution in [0.3, 0.4) is 0 Å². The number of nitrogens with one attached hydrogen (secondary N) is 1. The lowest BCUT2D eigenvalue weighted by Gasteiger charge is -2.18. The van der Waals surface area contributed by atoms with Crippen molar-refractivity contribution in [2.24, 2.45) is 5.73 Å². The van der Waals surface area contributed by atoms with Crippen molar-refractivity contribution in [2.75, 3.05) is 0 Å². The van der Waals surface area contributed by atoms with Gasteiger partial charge in [0.05, 0.1) is 11.4 Å². The molecule has 2 heteroatoms. The van der Waals surface area contributed by atoms with Gasteiger partial charge in [-0.15, -0.1) is 0 Å². The second-order valence-electron chi connectivity index (χ2n) is 7.27. The van der Waals surface area contributed by atoms with E-state index in [0.29, 0.717) is 0 Å². The van der Waals surface area contributed by atoms with Gasteiger partial charge in [-0.1, -0.05) is 55.4 Å². The third-order valence-electron chi connectivity index (χ3n) is 5.06. The molecule has 0 heterocycles. The lowest BCUT2D eigenvalue weighted by atomic mass is 9.93. The molecule has 1 rings (SSSR count). The molecule has 0 atom stereocenters. The molecular weight excluding hydrogens is 328 g/mol. The highest BCUT2D eigenvalue weighted by Crippen LogP contribution is 2.25. The van der Waals surface area contributed by atoms with Gasteiger partial charge in [0, 0.05) is 6.20 Å². The van der Waals surface area contributed by atoms with Crippen LogP contribution in [0.15, 0.2) is 81.9 Å². The van der Waals surface area contributed by atoms with Gasteiger partial charge in [0.1, 0.15) is 0 Å². The summed E-state index contributed by atoms with van der Waals surface area (Å²) in [7, 11) is 0. The van der Waals surface area contributed by atoms with Gasteiger partial charge in [0.2, 0.25) is 0 Å². The second kappa shape index (κ2) is 12.2. The average Bonchev–Trinajstić information content (AvgIpc) is 2.63. The van der Waals surface area contributed by atoms with Crippen molar-refractivity contribution >= 4 is 0 Å². The van der Waals surface area contributed by atoms with Gasteiger partial charge < -0.3 is 11.1 Å². The van der Waals surface area contributed by atoms with E-state index in [-0.39, 0.29) is 0 Å². The maximum atomic E-state index is 6.43. The Kier molecular flexibility index (Phi) is 10.3. The van der Waals surface area contributed by atoms with Crippen molar-refractivity contribution in [3.63, 3.8) is 0 Å². The molecule has 0 unspecified atom stereocenters. The molecule has 0 aromatic rings. The van der Waals surface area contributed by atoms with E-state index in [0.717, 1.165) is 24.2 Å². The minimum Gasteiger partial charge on any atom is -0.397 e. The first-order valence-electron chi connectivity index (χ1n) is 10.2. The van der Waals surface area contributed by atoms with E-state index in [1.165, 1.54) is 47.1 Å². The molecule has 1 saturated carbocycles. The standard InChI is InChI=1S/C25H38N2/c1-7-10-14-23(17-19(4)8-2)21(6)15-16-24(26)25(20(5)9-3)27-18-22-12-11-13-22/h7,10,14-18,27H,8-9,11-13,26H2,1-6H3/b10-7-,19-17-,21-15+,23-14+,24-16+,25-20+. The van der Waals surface area contributed by atoms with Gasteiger partial charge in [0.15, 0.2) is 0 Å². The molecule has 0 saturated heterocycles. The summed E-state index contributed by atoms with van der Waals surface area (Å²) in [4.78, 5) is 0. The molecular formula is C25H38N2. The third kappa shape index (κ3) is 7.90. The van der Waals surface area contributed by atoms with E-state index in [9.17, 15) is 0 Å². The summed E-state index contributed by atoms with van der Waals surface area (Å²) in [5.74, 6) is 0. The highest BCUT2D eigenvalue weighted by Gasteiger charge is 2.09. The monoisotopic (exact) mass is 366 g/mol. The maximum absolute atomic E-state index is 6.43. The molecule has 1 aliphatic rings. The zero-order chi connectivity index (χ0) is 20.2. The van der Waals surface area contributed by atoms with Crippen LogP contribution in [0, 0.1) is 0 Å². The molecule has 0 aromatic carbocycles. The summed E-state index contributed by atoms with van der Waals surface area (Å²) in [5, 5.41) is 3.46. The van der Waals surface area contributed by atoms with Gasteiger partial charge in [-0.25, -0.2) is 0 Å². The molecule has 0 bridgehead atoms. The molecule has 1 aliphatic carbocycles. The Bertz CT molecular complexity index is 701. The lowest BCUT2D eigenvalue weighted by molar-refractivity contribution is 0.653. The van der Waals surface area contributed by atoms with E-state index in [1.54, 1.807) is 0 Å². The number of hydrogen-bond donors (Lipinski definition) is 2. The first kappa shape index (κ1) is 22.8. The summed E-state index contributed by atoms with van der Waals surface area (Å²) in [6, 6.07) is 0. The van der Waals surface area contributed by atoms with Gasteiger partial charge in [-0.05, 0) is 82.6 Å². The summed E-state index contributed by atoms with van der Waals surface area (Å²) >= 11 is 0. The highest BCUT2D eigenvalue weighted by atomic mass is 14.9. The molecule has 1 fully saturated rings. The predicted molar refractivity (Wildman–Crippen MR) is 121 cm³/mol. The van der Waals surface area contributed by atoms with Crippen LogP contribution in [0.25, 0.3) is 0 Å². The first-order valence-corrected chi connectivity index (χ1v) is 10.2. The van der Waals surface area contributed by atoms with Crippen molar-refractivity contribution < 1.29 is 0 Å². The van der Waals surface area contributed by atoms with Crippen LogP contribution >= 0.6 is 0 Å². The molecule has 0 aliphatic heterocycles. The van der Waals surface area contributed by atoms with Crippen molar-refractivity contribution in [3.8, 4) is 0 Å². The fourth-order valence-corrected chi connectivity index (χ4v) is 2.58. The molecule has 0 amide bonds. The Labute approximate surface area is 167 Å². The summed E-state index contributed by atoms with van der Waals surface area (Å²) in [5.41, 5.74) is 14.8. The van der Waals surface area contributed by atoms with E-state index < -0.39 is 0 Å². The third-order valence-corrected chi connectivity index (χ3v) is 5.06. The van der Waals surface area contributed by atoms with Gasteiger partial charge in [-0.3, -0.25) is 0 Å². The number of hydrogen-bond acceptors (Lipinski definition) is 2. The Hall–Kier alpha value is -2.22. The van der Waals surface area contributed by atoms with E-state index in [1.807, 2.05) is 13.0 Å². The first-order chi connectivity index (χ1) is 12.9. The van der Waals surface area contributed by atoms with Crippen LogP contribution in [0.5, 0.6) is 0 Å². The molecule has 0 radical (unpaired) electrons. The van der Waals surface area contributed by atoms with Crippen molar-refractivity contribution in [2.45, 2.75) is 73.6 Å². The zero-order valence-electron chi connectivity index (χ0n) is 18.2. The van der Waals surface area contributed by atoms with Crippen LogP contribution in [0.2, 0.25) is 0 Å². The fourth-order valence-electron chi connectivity index (χ4n) is 2.58. The van der Waals surface area contributed by atoms with Crippen LogP contribution in [-0.4, -0.2) is 0 Å². The van der Waals surface area contributed by atoms with E-state index >= 15 is 0 Å². The SMILES string of the molecule is C\C=C/C=C(\C=C(\C)CC)C(/C)=C/C=C(N)\C(NC=C1CCC1)=C(\C)CC. The van der Waals surface area contributed by atoms with Crippen LogP contribution in [-0.2, 0) is 0 Å². The zero-order valence-corrected chi connectivity index (χ0v) is 18.2. The normalized spacial score (nSPS) is 17.8. The molecule has 27 heavy (non-hydrogen) atoms. The van der Waals surface area contributed by atoms with Crippen molar-refractivity contribution in [1.29, 1.82) is 0 Å². The molecule has 0 spiro atoms. The van der Waals surface area contributed by atoms with Gasteiger partial charge >= 0.3 is 0 Å². The second-order valence-corrected chi connectivity index (χ2v) is 7.27. The Morgan fingerprint density at radius 1 is 1.04 bits per heavy atom. The van der Waals surface area contributed by atoms with E-state index in [4.69, 9.17) is 5.73 Å². The molecule has 0 aromatic heterocycles. The van der Waals surface area contributed by atoms with Crippen LogP contribution in [0.1, 0.15) is 73.6 Å². The van der Waals surface area contributed by atoms with Gasteiger partial charge in [-0.2, -0.15) is 0 Å². The van der Waals surface area contributed by atoms with Crippen LogP contribution in [0.4, 0.5) is 0 Å². The Morgan fingerprint density at radius 2 is 1.74 bits per heavy atom. The number of rotatable bonds is 9. The van der Waals surface area contributed by atoms with Crippen molar-refractivity contribution in [3.05, 3.63) is 81.9 Å². The largest absolute Gasteiger partial charge is 0.397 e. The maximum Gasteiger partial charge on any atom is 0.0602 e. The number of nitrogens with two attached hydrogens (primary N) is 1. The van der Waals surface area contributed by atoms with E-state index in [2.05, 4.69) is 76.5 Å². The molecule has 2 nitrogen and oxygen atoms in total. The number of allylic oxidation sites excluding steroid dienone is 11. The predicted octanol–water partition coefficient (Wildman–Crippen LogP) is 6.98. The van der Waals surface area contributed by atoms with Gasteiger partial charge in [0.25, 0.3) is 0 Å². The topological polar surface area (TPSA) is 38.0 Å². The highest BCUT2D eigenvalue weighted by molar-refractivity contribution is 5.45. The Balaban J connectivity index is 3.11. The minimum absolute atomic E-state index is 0.784. The van der Waals surface area contributed by atoms with Crippen LogP contribution < -0.4 is 11.1 Å². The minimum atomic E-state index is 0.784. The lowest BCUT2D eigenvalue weighted by Crippen LogP contribution is -2.17. The molecule has 3 N–H and O–H groups in total. The molecule has 148 valence electrons. The summed E-state index contributed by atoms with van der Waals surface area (Å²) < 4.78 is 0. The summed E-state index contributed by atoms with van der Waals surface area (Å²) in [6.07, 6.45) is 20.6. The summed E-state index contributed by atoms with van der Waals surface area (Å²) in [6.45, 7) is 12.8. The average molecular weight is 367 g/mol. The Morgan fingerprint density at radius 3 is 2.26 bits per heavy atom.